The summed E-state index contributed by atoms with van der Waals surface area (Å²) < 4.78 is 44.4. The lowest BCUT2D eigenvalue weighted by atomic mass is 10.2. The molecule has 4 aromatic rings. The lowest BCUT2D eigenvalue weighted by Gasteiger charge is -2.11. The maximum atomic E-state index is 12.9. The minimum absolute atomic E-state index is 0.190. The quantitative estimate of drug-likeness (QED) is 0.344. The molecule has 1 aromatic heterocycles. The molecule has 0 fully saturated rings. The summed E-state index contributed by atoms with van der Waals surface area (Å²) in [5, 5.41) is 5.96. The Morgan fingerprint density at radius 3 is 2.12 bits per heavy atom. The first-order valence-electron chi connectivity index (χ1n) is 9.76. The van der Waals surface area contributed by atoms with Gasteiger partial charge in [0.1, 0.15) is 12.4 Å². The first kappa shape index (κ1) is 21.2. The van der Waals surface area contributed by atoms with Gasteiger partial charge in [-0.25, -0.2) is 9.97 Å². The van der Waals surface area contributed by atoms with E-state index in [0.717, 1.165) is 23.4 Å². The van der Waals surface area contributed by atoms with E-state index in [-0.39, 0.29) is 11.6 Å². The van der Waals surface area contributed by atoms with Crippen LogP contribution in [0.4, 0.5) is 36.2 Å². The summed E-state index contributed by atoms with van der Waals surface area (Å²) in [6.45, 7) is 0.462. The molecule has 0 aliphatic heterocycles. The van der Waals surface area contributed by atoms with Crippen LogP contribution in [0, 0.1) is 0 Å². The SMILES string of the molecule is FC(F)(F)c1cccc(Nc2ncc(Nc3cccc(OCc4ccccc4)c3)cn2)c1. The number of aromatic nitrogens is 2. The molecule has 0 aliphatic carbocycles. The predicted octanol–water partition coefficient (Wildman–Crippen LogP) is 6.56. The van der Waals surface area contributed by atoms with Gasteiger partial charge in [-0.1, -0.05) is 42.5 Å². The zero-order chi connectivity index (χ0) is 22.4. The van der Waals surface area contributed by atoms with Gasteiger partial charge in [-0.3, -0.25) is 0 Å². The number of alkyl halides is 3. The monoisotopic (exact) mass is 436 g/mol. The number of nitrogens with one attached hydrogen (secondary N) is 2. The van der Waals surface area contributed by atoms with E-state index >= 15 is 0 Å². The molecule has 5 nitrogen and oxygen atoms in total. The summed E-state index contributed by atoms with van der Waals surface area (Å²) in [6.07, 6.45) is -1.33. The molecule has 2 N–H and O–H groups in total. The molecule has 32 heavy (non-hydrogen) atoms. The molecule has 0 amide bonds. The topological polar surface area (TPSA) is 59.1 Å². The van der Waals surface area contributed by atoms with Crippen molar-refractivity contribution in [3.63, 3.8) is 0 Å². The number of benzene rings is 3. The van der Waals surface area contributed by atoms with Crippen LogP contribution in [0.3, 0.4) is 0 Å². The Hall–Kier alpha value is -4.07. The van der Waals surface area contributed by atoms with Crippen molar-refractivity contribution >= 4 is 23.0 Å². The Labute approximate surface area is 182 Å². The molecule has 0 atom stereocenters. The molecular weight excluding hydrogens is 417 g/mol. The molecule has 0 unspecified atom stereocenters. The second kappa shape index (κ2) is 9.38. The van der Waals surface area contributed by atoms with E-state index in [1.807, 2.05) is 54.6 Å². The van der Waals surface area contributed by atoms with E-state index in [9.17, 15) is 13.2 Å². The van der Waals surface area contributed by atoms with Gasteiger partial charge in [-0.15, -0.1) is 0 Å². The van der Waals surface area contributed by atoms with Gasteiger partial charge in [-0.05, 0) is 35.9 Å². The summed E-state index contributed by atoms with van der Waals surface area (Å²) >= 11 is 0. The highest BCUT2D eigenvalue weighted by Gasteiger charge is 2.30. The summed E-state index contributed by atoms with van der Waals surface area (Å²) in [4.78, 5) is 8.33. The van der Waals surface area contributed by atoms with Crippen molar-refractivity contribution < 1.29 is 17.9 Å². The summed E-state index contributed by atoms with van der Waals surface area (Å²) in [7, 11) is 0. The Balaban J connectivity index is 1.38. The standard InChI is InChI=1S/C24H19F3N4O/c25-24(26,27)18-8-4-9-19(12-18)31-23-28-14-21(15-29-23)30-20-10-5-11-22(13-20)32-16-17-6-2-1-3-7-17/h1-15,30H,16H2,(H,28,29,31). The van der Waals surface area contributed by atoms with Crippen molar-refractivity contribution in [3.05, 3.63) is 102 Å². The van der Waals surface area contributed by atoms with Crippen LogP contribution in [0.5, 0.6) is 5.75 Å². The zero-order valence-electron chi connectivity index (χ0n) is 16.8. The summed E-state index contributed by atoms with van der Waals surface area (Å²) in [6, 6.07) is 22.2. The molecule has 4 rings (SSSR count). The van der Waals surface area contributed by atoms with Gasteiger partial charge in [0, 0.05) is 17.4 Å². The van der Waals surface area contributed by atoms with Gasteiger partial charge in [0.2, 0.25) is 5.95 Å². The van der Waals surface area contributed by atoms with Crippen molar-refractivity contribution in [3.8, 4) is 5.75 Å². The van der Waals surface area contributed by atoms with Crippen LogP contribution in [-0.2, 0) is 12.8 Å². The highest BCUT2D eigenvalue weighted by molar-refractivity contribution is 5.61. The first-order valence-corrected chi connectivity index (χ1v) is 9.76. The van der Waals surface area contributed by atoms with Gasteiger partial charge >= 0.3 is 6.18 Å². The molecule has 0 saturated carbocycles. The van der Waals surface area contributed by atoms with Gasteiger partial charge in [0.15, 0.2) is 0 Å². The number of halogens is 3. The average Bonchev–Trinajstić information content (AvgIpc) is 2.80. The van der Waals surface area contributed by atoms with Crippen LogP contribution in [0.1, 0.15) is 11.1 Å². The van der Waals surface area contributed by atoms with Crippen LogP contribution < -0.4 is 15.4 Å². The van der Waals surface area contributed by atoms with Gasteiger partial charge in [-0.2, -0.15) is 13.2 Å². The van der Waals surface area contributed by atoms with Gasteiger partial charge in [0.25, 0.3) is 0 Å². The molecule has 0 saturated heterocycles. The van der Waals surface area contributed by atoms with Crippen LogP contribution in [0.25, 0.3) is 0 Å². The normalized spacial score (nSPS) is 11.1. The number of hydrogen-bond donors (Lipinski definition) is 2. The van der Waals surface area contributed by atoms with Crippen LogP contribution >= 0.6 is 0 Å². The molecule has 0 spiro atoms. The highest BCUT2D eigenvalue weighted by Crippen LogP contribution is 2.31. The van der Waals surface area contributed by atoms with Crippen LogP contribution in [0.15, 0.2) is 91.3 Å². The fourth-order valence-electron chi connectivity index (χ4n) is 2.93. The second-order valence-corrected chi connectivity index (χ2v) is 6.93. The average molecular weight is 436 g/mol. The number of nitrogens with zero attached hydrogens (tertiary/aromatic N) is 2. The maximum Gasteiger partial charge on any atom is 0.416 e. The Morgan fingerprint density at radius 1 is 0.719 bits per heavy atom. The fourth-order valence-corrected chi connectivity index (χ4v) is 2.93. The van der Waals surface area contributed by atoms with E-state index in [0.29, 0.717) is 18.0 Å². The molecule has 3 aromatic carbocycles. The minimum atomic E-state index is -4.41. The van der Waals surface area contributed by atoms with Crippen molar-refractivity contribution in [2.75, 3.05) is 10.6 Å². The lowest BCUT2D eigenvalue weighted by molar-refractivity contribution is -0.137. The molecular formula is C24H19F3N4O. The maximum absolute atomic E-state index is 12.9. The van der Waals surface area contributed by atoms with E-state index in [1.54, 1.807) is 12.4 Å². The fraction of sp³-hybridized carbons (Fsp3) is 0.0833. The third-order valence-corrected chi connectivity index (χ3v) is 4.47. The minimum Gasteiger partial charge on any atom is -0.489 e. The Bertz CT molecular complexity index is 1170. The third kappa shape index (κ3) is 5.75. The number of rotatable bonds is 7. The summed E-state index contributed by atoms with van der Waals surface area (Å²) in [5.74, 6) is 0.900. The molecule has 0 radical (unpaired) electrons. The largest absolute Gasteiger partial charge is 0.489 e. The van der Waals surface area contributed by atoms with Crippen LogP contribution in [-0.4, -0.2) is 9.97 Å². The molecule has 8 heteroatoms. The van der Waals surface area contributed by atoms with E-state index in [4.69, 9.17) is 4.74 Å². The third-order valence-electron chi connectivity index (χ3n) is 4.47. The van der Waals surface area contributed by atoms with Gasteiger partial charge in [0.05, 0.1) is 23.6 Å². The number of hydrogen-bond acceptors (Lipinski definition) is 5. The number of anilines is 4. The molecule has 1 heterocycles. The molecule has 0 aliphatic rings. The van der Waals surface area contributed by atoms with Crippen LogP contribution in [0.2, 0.25) is 0 Å². The van der Waals surface area contributed by atoms with E-state index in [1.165, 1.54) is 12.1 Å². The zero-order valence-corrected chi connectivity index (χ0v) is 16.8. The van der Waals surface area contributed by atoms with Crippen molar-refractivity contribution in [2.24, 2.45) is 0 Å². The Morgan fingerprint density at radius 2 is 1.41 bits per heavy atom. The second-order valence-electron chi connectivity index (χ2n) is 6.93. The molecule has 162 valence electrons. The smallest absolute Gasteiger partial charge is 0.416 e. The number of ether oxygens (including phenoxy) is 1. The van der Waals surface area contributed by atoms with E-state index in [2.05, 4.69) is 20.6 Å². The van der Waals surface area contributed by atoms with Crippen molar-refractivity contribution in [1.29, 1.82) is 0 Å². The molecule has 0 bridgehead atoms. The summed E-state index contributed by atoms with van der Waals surface area (Å²) in [5.41, 5.74) is 2.00. The predicted molar refractivity (Wildman–Crippen MR) is 117 cm³/mol. The lowest BCUT2D eigenvalue weighted by Crippen LogP contribution is -2.05. The highest BCUT2D eigenvalue weighted by atomic mass is 19.4. The van der Waals surface area contributed by atoms with Crippen molar-refractivity contribution in [2.45, 2.75) is 12.8 Å². The first-order chi connectivity index (χ1) is 15.5. The van der Waals surface area contributed by atoms with E-state index < -0.39 is 11.7 Å². The van der Waals surface area contributed by atoms with Crippen molar-refractivity contribution in [1.82, 2.24) is 9.97 Å². The Kier molecular flexibility index (Phi) is 6.21. The van der Waals surface area contributed by atoms with Gasteiger partial charge < -0.3 is 15.4 Å².